The average Bonchev–Trinajstić information content (AvgIpc) is 2.62. The van der Waals surface area contributed by atoms with Crippen LogP contribution in [-0.2, 0) is 20.3 Å². The lowest BCUT2D eigenvalue weighted by Crippen LogP contribution is -2.30. The first-order valence-electron chi connectivity index (χ1n) is 7.58. The van der Waals surface area contributed by atoms with Crippen LogP contribution in [0, 0.1) is 15.9 Å². The highest BCUT2D eigenvalue weighted by atomic mass is 32.2. The number of esters is 1. The summed E-state index contributed by atoms with van der Waals surface area (Å²) in [5.41, 5.74) is -0.627. The number of carbonyl (C=O) groups excluding carboxylic acids is 2. The van der Waals surface area contributed by atoms with Gasteiger partial charge in [0.15, 0.2) is 6.10 Å². The third-order valence-corrected chi connectivity index (χ3v) is 4.42. The first-order valence-corrected chi connectivity index (χ1v) is 9.14. The van der Waals surface area contributed by atoms with Gasteiger partial charge in [-0.1, -0.05) is 0 Å². The Kier molecular flexibility index (Phi) is 6.35. The maximum absolute atomic E-state index is 13.3. The number of nitrogens with zero attached hydrogens (tertiary/aromatic N) is 1. The van der Waals surface area contributed by atoms with Crippen molar-refractivity contribution in [2.75, 3.05) is 11.6 Å². The number of benzene rings is 2. The monoisotopic (exact) mass is 394 g/mol. The van der Waals surface area contributed by atoms with Crippen molar-refractivity contribution >= 4 is 34.1 Å². The molecule has 2 rings (SSSR count). The first-order chi connectivity index (χ1) is 12.7. The second-order valence-corrected chi connectivity index (χ2v) is 6.82. The van der Waals surface area contributed by atoms with E-state index in [1.807, 2.05) is 0 Å². The minimum atomic E-state index is -1.21. The highest BCUT2D eigenvalue weighted by Crippen LogP contribution is 2.22. The normalized spacial score (nSPS) is 12.7. The highest BCUT2D eigenvalue weighted by molar-refractivity contribution is 7.84. The molecule has 0 aliphatic carbocycles. The molecule has 0 saturated carbocycles. The van der Waals surface area contributed by atoms with Crippen LogP contribution in [0.2, 0.25) is 0 Å². The van der Waals surface area contributed by atoms with Crippen LogP contribution in [0.4, 0.5) is 15.8 Å². The van der Waals surface area contributed by atoms with E-state index >= 15 is 0 Å². The molecular weight excluding hydrogens is 379 g/mol. The van der Waals surface area contributed by atoms with Crippen LogP contribution in [0.5, 0.6) is 0 Å². The number of hydrogen-bond acceptors (Lipinski definition) is 6. The van der Waals surface area contributed by atoms with E-state index in [2.05, 4.69) is 5.32 Å². The standard InChI is InChI=1S/C17H15FN2O6S/c1-10(26-17(22)11-3-6-13(7-4-11)27(2)25)16(21)19-12-5-8-14(18)15(9-12)20(23)24/h3-10H,1-2H3,(H,19,21). The van der Waals surface area contributed by atoms with Crippen LogP contribution in [0.15, 0.2) is 47.4 Å². The average molecular weight is 394 g/mol. The van der Waals surface area contributed by atoms with Crippen molar-refractivity contribution in [1.29, 1.82) is 0 Å². The Morgan fingerprint density at radius 3 is 2.41 bits per heavy atom. The molecule has 0 saturated heterocycles. The topological polar surface area (TPSA) is 116 Å². The molecule has 10 heteroatoms. The predicted octanol–water partition coefficient (Wildman–Crippen LogP) is 2.66. The lowest BCUT2D eigenvalue weighted by atomic mass is 10.2. The Morgan fingerprint density at radius 2 is 1.85 bits per heavy atom. The maximum Gasteiger partial charge on any atom is 0.338 e. The number of halogens is 1. The summed E-state index contributed by atoms with van der Waals surface area (Å²) < 4.78 is 29.7. The van der Waals surface area contributed by atoms with E-state index in [9.17, 15) is 28.3 Å². The third kappa shape index (κ3) is 5.17. The number of nitro groups is 1. The van der Waals surface area contributed by atoms with Gasteiger partial charge in [-0.15, -0.1) is 0 Å². The molecule has 0 aromatic heterocycles. The van der Waals surface area contributed by atoms with Gasteiger partial charge in [-0.3, -0.25) is 19.1 Å². The van der Waals surface area contributed by atoms with Crippen LogP contribution < -0.4 is 5.32 Å². The summed E-state index contributed by atoms with van der Waals surface area (Å²) in [6.45, 7) is 1.32. The van der Waals surface area contributed by atoms with Gasteiger partial charge in [0.2, 0.25) is 5.82 Å². The van der Waals surface area contributed by atoms with Crippen molar-refractivity contribution in [3.63, 3.8) is 0 Å². The van der Waals surface area contributed by atoms with Gasteiger partial charge >= 0.3 is 11.7 Å². The summed E-state index contributed by atoms with van der Waals surface area (Å²) in [7, 11) is -1.19. The lowest BCUT2D eigenvalue weighted by molar-refractivity contribution is -0.387. The van der Waals surface area contributed by atoms with Gasteiger partial charge in [0.25, 0.3) is 5.91 Å². The molecule has 1 N–H and O–H groups in total. The van der Waals surface area contributed by atoms with Crippen molar-refractivity contribution in [3.05, 3.63) is 64.0 Å². The second kappa shape index (κ2) is 8.49. The van der Waals surface area contributed by atoms with Crippen LogP contribution in [0.1, 0.15) is 17.3 Å². The van der Waals surface area contributed by atoms with E-state index in [-0.39, 0.29) is 11.3 Å². The van der Waals surface area contributed by atoms with Gasteiger partial charge in [0, 0.05) is 33.7 Å². The van der Waals surface area contributed by atoms with Gasteiger partial charge in [-0.2, -0.15) is 4.39 Å². The molecule has 2 aromatic rings. The Labute approximate surface area is 155 Å². The van der Waals surface area contributed by atoms with Crippen molar-refractivity contribution in [3.8, 4) is 0 Å². The summed E-state index contributed by atoms with van der Waals surface area (Å²) in [6.07, 6.45) is 0.293. The number of nitrogens with one attached hydrogen (secondary N) is 1. The zero-order valence-electron chi connectivity index (χ0n) is 14.3. The molecule has 8 nitrogen and oxygen atoms in total. The fraction of sp³-hybridized carbons (Fsp3) is 0.176. The first kappa shape index (κ1) is 20.2. The van der Waals surface area contributed by atoms with Crippen LogP contribution in [-0.4, -0.2) is 33.4 Å². The SMILES string of the molecule is CC(OC(=O)c1ccc(S(C)=O)cc1)C(=O)Nc1ccc(F)c([N+](=O)[O-])c1. The van der Waals surface area contributed by atoms with Gasteiger partial charge < -0.3 is 10.1 Å². The fourth-order valence-corrected chi connectivity index (χ4v) is 2.56. The minimum Gasteiger partial charge on any atom is -0.449 e. The summed E-state index contributed by atoms with van der Waals surface area (Å²) >= 11 is 0. The number of ether oxygens (including phenoxy) is 1. The number of amides is 1. The molecule has 2 aromatic carbocycles. The Morgan fingerprint density at radius 1 is 1.22 bits per heavy atom. The van der Waals surface area contributed by atoms with E-state index in [0.29, 0.717) is 4.90 Å². The van der Waals surface area contributed by atoms with Crippen molar-refractivity contribution in [1.82, 2.24) is 0 Å². The molecule has 0 fully saturated rings. The van der Waals surface area contributed by atoms with Crippen molar-refractivity contribution in [2.45, 2.75) is 17.9 Å². The van der Waals surface area contributed by atoms with E-state index in [1.165, 1.54) is 37.4 Å². The van der Waals surface area contributed by atoms with Crippen LogP contribution in [0.25, 0.3) is 0 Å². The van der Waals surface area contributed by atoms with Gasteiger partial charge in [-0.25, -0.2) is 4.79 Å². The second-order valence-electron chi connectivity index (χ2n) is 5.44. The third-order valence-electron chi connectivity index (χ3n) is 3.49. The number of rotatable bonds is 6. The highest BCUT2D eigenvalue weighted by Gasteiger charge is 2.21. The van der Waals surface area contributed by atoms with Crippen LogP contribution >= 0.6 is 0 Å². The zero-order chi connectivity index (χ0) is 20.1. The summed E-state index contributed by atoms with van der Waals surface area (Å²) in [5.74, 6) is -2.54. The van der Waals surface area contributed by atoms with E-state index in [4.69, 9.17) is 4.74 Å². The lowest BCUT2D eigenvalue weighted by Gasteiger charge is -2.13. The smallest absolute Gasteiger partial charge is 0.338 e. The van der Waals surface area contributed by atoms with Gasteiger partial charge in [0.1, 0.15) is 0 Å². The van der Waals surface area contributed by atoms with E-state index < -0.39 is 45.2 Å². The number of carbonyl (C=O) groups is 2. The summed E-state index contributed by atoms with van der Waals surface area (Å²) in [4.78, 5) is 34.5. The molecule has 2 atom stereocenters. The molecule has 0 radical (unpaired) electrons. The zero-order valence-corrected chi connectivity index (χ0v) is 15.1. The summed E-state index contributed by atoms with van der Waals surface area (Å²) in [6, 6.07) is 8.73. The quantitative estimate of drug-likeness (QED) is 0.457. The fourth-order valence-electron chi connectivity index (χ4n) is 2.04. The van der Waals surface area contributed by atoms with E-state index in [0.717, 1.165) is 18.2 Å². The number of anilines is 1. The molecule has 0 bridgehead atoms. The Hall–Kier alpha value is -3.14. The molecule has 0 heterocycles. The number of hydrogen-bond donors (Lipinski definition) is 1. The largest absolute Gasteiger partial charge is 0.449 e. The molecule has 2 unspecified atom stereocenters. The molecule has 0 aliphatic rings. The Balaban J connectivity index is 2.03. The van der Waals surface area contributed by atoms with E-state index in [1.54, 1.807) is 0 Å². The predicted molar refractivity (Wildman–Crippen MR) is 95.3 cm³/mol. The van der Waals surface area contributed by atoms with Crippen molar-refractivity contribution in [2.24, 2.45) is 0 Å². The minimum absolute atomic E-state index is 0.00854. The molecular formula is C17H15FN2O6S. The molecule has 1 amide bonds. The Bertz CT molecular complexity index is 916. The van der Waals surface area contributed by atoms with Crippen molar-refractivity contribution < 1.29 is 27.8 Å². The van der Waals surface area contributed by atoms with Gasteiger partial charge in [-0.05, 0) is 43.3 Å². The number of nitro benzene ring substituents is 1. The molecule has 0 spiro atoms. The van der Waals surface area contributed by atoms with Crippen LogP contribution in [0.3, 0.4) is 0 Å². The molecule has 142 valence electrons. The van der Waals surface area contributed by atoms with Gasteiger partial charge in [0.05, 0.1) is 10.5 Å². The summed E-state index contributed by atoms with van der Waals surface area (Å²) in [5, 5.41) is 13.0. The maximum atomic E-state index is 13.3. The molecule has 27 heavy (non-hydrogen) atoms. The molecule has 0 aliphatic heterocycles.